The molecular weight excluding hydrogens is 484 g/mol. The lowest BCUT2D eigenvalue weighted by Crippen LogP contribution is -2.29. The molecule has 1 aliphatic heterocycles. The van der Waals surface area contributed by atoms with Gasteiger partial charge in [-0.3, -0.25) is 14.5 Å². The van der Waals surface area contributed by atoms with E-state index in [9.17, 15) is 9.59 Å². The lowest BCUT2D eigenvalue weighted by molar-refractivity contribution is 0.0971. The van der Waals surface area contributed by atoms with Gasteiger partial charge >= 0.3 is 0 Å². The first-order chi connectivity index (χ1) is 16.9. The zero-order chi connectivity index (χ0) is 24.3. The molecule has 0 N–H and O–H groups in total. The fourth-order valence-corrected chi connectivity index (χ4v) is 5.69. The Kier molecular flexibility index (Phi) is 5.12. The van der Waals surface area contributed by atoms with Crippen molar-refractivity contribution in [3.05, 3.63) is 98.9 Å². The van der Waals surface area contributed by atoms with Crippen molar-refractivity contribution in [2.75, 3.05) is 4.90 Å². The average Bonchev–Trinajstić information content (AvgIpc) is 3.37. The molecule has 0 spiro atoms. The van der Waals surface area contributed by atoms with Gasteiger partial charge in [0.15, 0.2) is 10.6 Å². The number of halogens is 1. The van der Waals surface area contributed by atoms with E-state index >= 15 is 0 Å². The standard InChI is InChI=1S/C27H19ClN2O4S/c1-14(2)33-17-10-7-15(8-11-17)23-22-24(31)18-5-3-4-6-20(18)34-25(22)26(32)30(23)27-29-19-12-9-16(28)13-21(19)35-27/h3-14,23H,1-2H3/t23-/m1/s1. The van der Waals surface area contributed by atoms with E-state index in [0.29, 0.717) is 32.4 Å². The smallest absolute Gasteiger partial charge is 0.297 e. The van der Waals surface area contributed by atoms with Crippen molar-refractivity contribution < 1.29 is 13.9 Å². The van der Waals surface area contributed by atoms with Gasteiger partial charge in [-0.05, 0) is 61.9 Å². The Morgan fingerprint density at radius 3 is 2.60 bits per heavy atom. The summed E-state index contributed by atoms with van der Waals surface area (Å²) < 4.78 is 12.6. The quantitative estimate of drug-likeness (QED) is 0.277. The molecule has 3 heterocycles. The average molecular weight is 503 g/mol. The number of ether oxygens (including phenoxy) is 1. The molecule has 1 aliphatic rings. The Labute approximate surface area is 209 Å². The van der Waals surface area contributed by atoms with Crippen molar-refractivity contribution in [3.8, 4) is 5.75 Å². The number of hydrogen-bond donors (Lipinski definition) is 0. The predicted molar refractivity (Wildman–Crippen MR) is 138 cm³/mol. The first-order valence-corrected chi connectivity index (χ1v) is 12.3. The number of amides is 1. The minimum Gasteiger partial charge on any atom is -0.491 e. The van der Waals surface area contributed by atoms with E-state index in [0.717, 1.165) is 15.8 Å². The van der Waals surface area contributed by atoms with E-state index in [-0.39, 0.29) is 17.3 Å². The van der Waals surface area contributed by atoms with Crippen LogP contribution < -0.4 is 15.1 Å². The van der Waals surface area contributed by atoms with Crippen LogP contribution >= 0.6 is 22.9 Å². The summed E-state index contributed by atoms with van der Waals surface area (Å²) in [6.07, 6.45) is 0.0270. The van der Waals surface area contributed by atoms with Gasteiger partial charge in [-0.1, -0.05) is 47.2 Å². The molecule has 0 radical (unpaired) electrons. The molecule has 5 aromatic rings. The van der Waals surface area contributed by atoms with E-state index in [2.05, 4.69) is 0 Å². The number of benzene rings is 3. The molecule has 174 valence electrons. The molecule has 1 amide bonds. The van der Waals surface area contributed by atoms with Gasteiger partial charge in [0.25, 0.3) is 5.91 Å². The highest BCUT2D eigenvalue weighted by atomic mass is 35.5. The van der Waals surface area contributed by atoms with Crippen molar-refractivity contribution in [2.45, 2.75) is 26.0 Å². The Balaban J connectivity index is 1.57. The first-order valence-electron chi connectivity index (χ1n) is 11.1. The SMILES string of the molecule is CC(C)Oc1ccc([C@@H]2c3c(oc4ccccc4c3=O)C(=O)N2c2nc3ccc(Cl)cc3s2)cc1. The number of fused-ring (bicyclic) bond motifs is 3. The van der Waals surface area contributed by atoms with Crippen LogP contribution in [0.25, 0.3) is 21.2 Å². The summed E-state index contributed by atoms with van der Waals surface area (Å²) in [7, 11) is 0. The first kappa shape index (κ1) is 21.8. The Morgan fingerprint density at radius 2 is 1.83 bits per heavy atom. The fourth-order valence-electron chi connectivity index (χ4n) is 4.42. The van der Waals surface area contributed by atoms with Gasteiger partial charge in [-0.25, -0.2) is 4.98 Å². The van der Waals surface area contributed by atoms with Crippen LogP contribution in [0.3, 0.4) is 0 Å². The van der Waals surface area contributed by atoms with Gasteiger partial charge in [0, 0.05) is 5.02 Å². The predicted octanol–water partition coefficient (Wildman–Crippen LogP) is 6.59. The molecule has 35 heavy (non-hydrogen) atoms. The maximum absolute atomic E-state index is 13.7. The van der Waals surface area contributed by atoms with Crippen molar-refractivity contribution in [3.63, 3.8) is 0 Å². The zero-order valence-corrected chi connectivity index (χ0v) is 20.4. The van der Waals surface area contributed by atoms with Gasteiger partial charge in [-0.15, -0.1) is 0 Å². The second kappa shape index (κ2) is 8.22. The summed E-state index contributed by atoms with van der Waals surface area (Å²) in [5, 5.41) is 1.49. The number of carbonyl (C=O) groups is 1. The van der Waals surface area contributed by atoms with E-state index in [4.69, 9.17) is 25.7 Å². The number of aromatic nitrogens is 1. The van der Waals surface area contributed by atoms with Gasteiger partial charge in [-0.2, -0.15) is 0 Å². The Bertz CT molecular complexity index is 1670. The third-order valence-corrected chi connectivity index (χ3v) is 7.14. The molecule has 2 aromatic heterocycles. The fraction of sp³-hybridized carbons (Fsp3) is 0.148. The summed E-state index contributed by atoms with van der Waals surface area (Å²) in [6.45, 7) is 3.91. The third kappa shape index (κ3) is 3.59. The van der Waals surface area contributed by atoms with Crippen LogP contribution in [-0.2, 0) is 0 Å². The summed E-state index contributed by atoms with van der Waals surface area (Å²) in [5.41, 5.74) is 1.94. The molecule has 6 rings (SSSR count). The molecule has 6 nitrogen and oxygen atoms in total. The van der Waals surface area contributed by atoms with Crippen molar-refractivity contribution in [1.82, 2.24) is 4.98 Å². The third-order valence-electron chi connectivity index (χ3n) is 5.89. The van der Waals surface area contributed by atoms with Crippen molar-refractivity contribution in [2.24, 2.45) is 0 Å². The van der Waals surface area contributed by atoms with E-state index in [1.807, 2.05) is 50.2 Å². The summed E-state index contributed by atoms with van der Waals surface area (Å²) in [6, 6.07) is 19.1. The normalized spacial score (nSPS) is 15.4. The van der Waals surface area contributed by atoms with E-state index in [1.165, 1.54) is 11.3 Å². The zero-order valence-electron chi connectivity index (χ0n) is 18.8. The highest BCUT2D eigenvalue weighted by molar-refractivity contribution is 7.22. The second-order valence-corrected chi connectivity index (χ2v) is 10.0. The molecule has 8 heteroatoms. The molecular formula is C27H19ClN2O4S. The number of carbonyl (C=O) groups excluding carboxylic acids is 1. The summed E-state index contributed by atoms with van der Waals surface area (Å²) in [4.78, 5) is 33.6. The number of rotatable bonds is 4. The highest BCUT2D eigenvalue weighted by Gasteiger charge is 2.45. The van der Waals surface area contributed by atoms with Crippen LogP contribution in [0.15, 0.2) is 75.9 Å². The van der Waals surface area contributed by atoms with E-state index < -0.39 is 11.9 Å². The topological polar surface area (TPSA) is 72.6 Å². The number of nitrogens with zero attached hydrogens (tertiary/aromatic N) is 2. The van der Waals surface area contributed by atoms with Gasteiger partial charge in [0.2, 0.25) is 5.76 Å². The lowest BCUT2D eigenvalue weighted by atomic mass is 9.98. The van der Waals surface area contributed by atoms with Crippen LogP contribution in [0, 0.1) is 0 Å². The molecule has 0 fully saturated rings. The molecule has 0 bridgehead atoms. The van der Waals surface area contributed by atoms with Crippen molar-refractivity contribution >= 4 is 55.2 Å². The van der Waals surface area contributed by atoms with Crippen LogP contribution in [0.4, 0.5) is 5.13 Å². The van der Waals surface area contributed by atoms with Crippen molar-refractivity contribution in [1.29, 1.82) is 0 Å². The molecule has 0 unspecified atom stereocenters. The molecule has 0 aliphatic carbocycles. The maximum Gasteiger partial charge on any atom is 0.297 e. The lowest BCUT2D eigenvalue weighted by Gasteiger charge is -2.22. The highest BCUT2D eigenvalue weighted by Crippen LogP contribution is 2.44. The largest absolute Gasteiger partial charge is 0.491 e. The van der Waals surface area contributed by atoms with Crippen LogP contribution in [0.1, 0.15) is 41.6 Å². The van der Waals surface area contributed by atoms with Crippen LogP contribution in [0.5, 0.6) is 5.75 Å². The maximum atomic E-state index is 13.7. The van der Waals surface area contributed by atoms with Gasteiger partial charge in [0.05, 0.1) is 33.3 Å². The van der Waals surface area contributed by atoms with Crippen LogP contribution in [-0.4, -0.2) is 17.0 Å². The molecule has 3 aromatic carbocycles. The number of para-hydroxylation sites is 1. The van der Waals surface area contributed by atoms with Gasteiger partial charge < -0.3 is 9.15 Å². The summed E-state index contributed by atoms with van der Waals surface area (Å²) >= 11 is 7.52. The monoisotopic (exact) mass is 502 g/mol. The number of thiazole rings is 1. The van der Waals surface area contributed by atoms with Gasteiger partial charge in [0.1, 0.15) is 11.3 Å². The van der Waals surface area contributed by atoms with E-state index in [1.54, 1.807) is 35.2 Å². The van der Waals surface area contributed by atoms with Crippen LogP contribution in [0.2, 0.25) is 5.02 Å². The minimum atomic E-state index is -0.692. The second-order valence-electron chi connectivity index (χ2n) is 8.59. The summed E-state index contributed by atoms with van der Waals surface area (Å²) in [5.74, 6) is 0.346. The molecule has 0 saturated heterocycles. The number of hydrogen-bond acceptors (Lipinski definition) is 6. The molecule has 0 saturated carbocycles. The Morgan fingerprint density at radius 1 is 1.06 bits per heavy atom. The minimum absolute atomic E-state index is 0.0270. The molecule has 1 atom stereocenters. The number of anilines is 1. The Hall–Kier alpha value is -3.68.